The van der Waals surface area contributed by atoms with Gasteiger partial charge >= 0.3 is 0 Å². The highest BCUT2D eigenvalue weighted by molar-refractivity contribution is 7.92. The lowest BCUT2D eigenvalue weighted by Gasteiger charge is -2.20. The van der Waals surface area contributed by atoms with Crippen molar-refractivity contribution in [1.82, 2.24) is 4.31 Å². The van der Waals surface area contributed by atoms with Gasteiger partial charge in [-0.1, -0.05) is 72.3 Å². The van der Waals surface area contributed by atoms with E-state index in [1.165, 1.54) is 16.0 Å². The molecule has 0 aliphatic carbocycles. The van der Waals surface area contributed by atoms with Crippen LogP contribution in [0, 0.1) is 6.92 Å². The predicted molar refractivity (Wildman–Crippen MR) is 127 cm³/mol. The zero-order chi connectivity index (χ0) is 22.6. The Bertz CT molecular complexity index is 1410. The largest absolute Gasteiger partial charge is 0.464 e. The van der Waals surface area contributed by atoms with Crippen LogP contribution in [0.5, 0.6) is 0 Å². The van der Waals surface area contributed by atoms with Gasteiger partial charge in [0.15, 0.2) is 5.43 Å². The number of fused-ring (bicyclic) bond motifs is 1. The quantitative estimate of drug-likeness (QED) is 0.397. The molecule has 0 aliphatic rings. The summed E-state index contributed by atoms with van der Waals surface area (Å²) in [4.78, 5) is 13.1. The summed E-state index contributed by atoms with van der Waals surface area (Å²) < 4.78 is 33.4. The molecule has 0 aliphatic heterocycles. The highest BCUT2D eigenvalue weighted by Gasteiger charge is 2.22. The molecule has 4 aromatic rings. The van der Waals surface area contributed by atoms with E-state index in [4.69, 9.17) is 4.42 Å². The normalized spacial score (nSPS) is 12.1. The van der Waals surface area contributed by atoms with Gasteiger partial charge < -0.3 is 4.42 Å². The predicted octanol–water partition coefficient (Wildman–Crippen LogP) is 5.10. The van der Waals surface area contributed by atoms with Gasteiger partial charge in [0.25, 0.3) is 0 Å². The SMILES string of the molecule is Cc1ccc2occ(CN(Cc3ccccc3)S(=O)(=O)/C=C/c3ccccc3)c(=O)c2c1. The van der Waals surface area contributed by atoms with E-state index >= 15 is 0 Å². The van der Waals surface area contributed by atoms with E-state index in [-0.39, 0.29) is 24.1 Å². The standard InChI is InChI=1S/C26H23NO4S/c1-20-12-13-25-24(16-20)26(28)23(19-31-25)18-27(17-22-10-6-3-7-11-22)32(29,30)15-14-21-8-4-2-5-9-21/h2-16,19H,17-18H2,1H3/b15-14+. The first-order chi connectivity index (χ1) is 15.4. The van der Waals surface area contributed by atoms with E-state index in [1.807, 2.05) is 73.7 Å². The van der Waals surface area contributed by atoms with E-state index in [1.54, 1.807) is 18.2 Å². The molecule has 1 heterocycles. The molecular weight excluding hydrogens is 422 g/mol. The Kier molecular flexibility index (Phi) is 6.35. The van der Waals surface area contributed by atoms with Crippen molar-refractivity contribution >= 4 is 27.1 Å². The molecule has 0 bridgehead atoms. The fourth-order valence-electron chi connectivity index (χ4n) is 3.42. The highest BCUT2D eigenvalue weighted by Crippen LogP contribution is 2.18. The number of benzene rings is 3. The lowest BCUT2D eigenvalue weighted by Crippen LogP contribution is -2.30. The number of hydrogen-bond acceptors (Lipinski definition) is 4. The Morgan fingerprint density at radius 1 is 0.906 bits per heavy atom. The number of aryl methyl sites for hydroxylation is 1. The summed E-state index contributed by atoms with van der Waals surface area (Å²) >= 11 is 0. The van der Waals surface area contributed by atoms with Crippen molar-refractivity contribution in [2.24, 2.45) is 0 Å². The summed E-state index contributed by atoms with van der Waals surface area (Å²) in [6.45, 7) is 1.93. The molecule has 3 aromatic carbocycles. The number of sulfonamides is 1. The minimum absolute atomic E-state index is 0.0947. The number of hydrogen-bond donors (Lipinski definition) is 0. The zero-order valence-electron chi connectivity index (χ0n) is 17.6. The molecule has 0 saturated carbocycles. The molecule has 0 atom stereocenters. The molecule has 0 saturated heterocycles. The second kappa shape index (κ2) is 9.34. The summed E-state index contributed by atoms with van der Waals surface area (Å²) in [5.74, 6) is 0. The molecule has 32 heavy (non-hydrogen) atoms. The third kappa shape index (κ3) is 5.04. The maximum absolute atomic E-state index is 13.2. The molecule has 0 amide bonds. The topological polar surface area (TPSA) is 67.6 Å². The number of nitrogens with zero attached hydrogens (tertiary/aromatic N) is 1. The van der Waals surface area contributed by atoms with Crippen LogP contribution >= 0.6 is 0 Å². The van der Waals surface area contributed by atoms with E-state index in [0.29, 0.717) is 11.0 Å². The summed E-state index contributed by atoms with van der Waals surface area (Å²) in [5, 5.41) is 1.62. The van der Waals surface area contributed by atoms with Gasteiger partial charge in [-0.2, -0.15) is 4.31 Å². The summed E-state index contributed by atoms with van der Waals surface area (Å²) in [7, 11) is -3.82. The van der Waals surface area contributed by atoms with Crippen LogP contribution in [-0.2, 0) is 23.1 Å². The van der Waals surface area contributed by atoms with Gasteiger partial charge in [-0.3, -0.25) is 4.79 Å². The molecule has 4 rings (SSSR count). The molecule has 1 aromatic heterocycles. The van der Waals surface area contributed by atoms with Gasteiger partial charge in [0, 0.05) is 18.5 Å². The molecule has 5 nitrogen and oxygen atoms in total. The maximum atomic E-state index is 13.2. The van der Waals surface area contributed by atoms with E-state index in [0.717, 1.165) is 16.7 Å². The van der Waals surface area contributed by atoms with Crippen LogP contribution < -0.4 is 5.43 Å². The Balaban J connectivity index is 1.71. The Labute approximate surface area is 187 Å². The number of rotatable bonds is 7. The van der Waals surface area contributed by atoms with Crippen LogP contribution in [0.25, 0.3) is 17.0 Å². The minimum atomic E-state index is -3.82. The van der Waals surface area contributed by atoms with Crippen LogP contribution in [0.3, 0.4) is 0 Å². The van der Waals surface area contributed by atoms with Crippen molar-refractivity contribution in [2.45, 2.75) is 20.0 Å². The van der Waals surface area contributed by atoms with E-state index in [9.17, 15) is 13.2 Å². The first-order valence-corrected chi connectivity index (χ1v) is 11.7. The average Bonchev–Trinajstić information content (AvgIpc) is 2.81. The maximum Gasteiger partial charge on any atom is 0.236 e. The van der Waals surface area contributed by atoms with Gasteiger partial charge in [-0.05, 0) is 36.3 Å². The van der Waals surface area contributed by atoms with Crippen molar-refractivity contribution in [2.75, 3.05) is 0 Å². The lowest BCUT2D eigenvalue weighted by molar-refractivity contribution is 0.402. The molecule has 0 fully saturated rings. The van der Waals surface area contributed by atoms with Gasteiger partial charge in [0.1, 0.15) is 5.58 Å². The molecule has 0 spiro atoms. The zero-order valence-corrected chi connectivity index (χ0v) is 18.5. The lowest BCUT2D eigenvalue weighted by atomic mass is 10.1. The first kappa shape index (κ1) is 21.7. The van der Waals surface area contributed by atoms with Crippen molar-refractivity contribution < 1.29 is 12.8 Å². The monoisotopic (exact) mass is 445 g/mol. The van der Waals surface area contributed by atoms with Gasteiger partial charge in [-0.25, -0.2) is 8.42 Å². The van der Waals surface area contributed by atoms with Crippen LogP contribution in [0.4, 0.5) is 0 Å². The fraction of sp³-hybridized carbons (Fsp3) is 0.115. The van der Waals surface area contributed by atoms with E-state index in [2.05, 4.69) is 0 Å². The van der Waals surface area contributed by atoms with Crippen molar-refractivity contribution in [1.29, 1.82) is 0 Å². The molecule has 6 heteroatoms. The van der Waals surface area contributed by atoms with Crippen LogP contribution in [0.1, 0.15) is 22.3 Å². The summed E-state index contributed by atoms with van der Waals surface area (Å²) in [6.07, 6.45) is 2.91. The van der Waals surface area contributed by atoms with Gasteiger partial charge in [0.05, 0.1) is 17.2 Å². The Morgan fingerprint density at radius 3 is 2.31 bits per heavy atom. The minimum Gasteiger partial charge on any atom is -0.464 e. The van der Waals surface area contributed by atoms with Gasteiger partial charge in [-0.15, -0.1) is 0 Å². The third-order valence-electron chi connectivity index (χ3n) is 5.14. The highest BCUT2D eigenvalue weighted by atomic mass is 32.2. The second-order valence-electron chi connectivity index (χ2n) is 7.60. The van der Waals surface area contributed by atoms with Crippen LogP contribution in [0.2, 0.25) is 0 Å². The molecular formula is C26H23NO4S. The first-order valence-electron chi connectivity index (χ1n) is 10.2. The Hall–Kier alpha value is -3.48. The van der Waals surface area contributed by atoms with Crippen molar-refractivity contribution in [3.63, 3.8) is 0 Å². The van der Waals surface area contributed by atoms with Crippen molar-refractivity contribution in [3.05, 3.63) is 123 Å². The van der Waals surface area contributed by atoms with Gasteiger partial charge in [0.2, 0.25) is 10.0 Å². The van der Waals surface area contributed by atoms with Crippen molar-refractivity contribution in [3.8, 4) is 0 Å². The molecule has 0 unspecified atom stereocenters. The summed E-state index contributed by atoms with van der Waals surface area (Å²) in [5.41, 5.74) is 3.07. The molecule has 0 radical (unpaired) electrons. The van der Waals surface area contributed by atoms with Crippen LogP contribution in [0.15, 0.2) is 99.7 Å². The smallest absolute Gasteiger partial charge is 0.236 e. The average molecular weight is 446 g/mol. The second-order valence-corrected chi connectivity index (χ2v) is 9.42. The summed E-state index contributed by atoms with van der Waals surface area (Å²) in [6, 6.07) is 23.9. The third-order valence-corrected chi connectivity index (χ3v) is 6.60. The van der Waals surface area contributed by atoms with Crippen LogP contribution in [-0.4, -0.2) is 12.7 Å². The Morgan fingerprint density at radius 2 is 1.59 bits per heavy atom. The van der Waals surface area contributed by atoms with E-state index < -0.39 is 10.0 Å². The fourth-order valence-corrected chi connectivity index (χ4v) is 4.57. The molecule has 0 N–H and O–H groups in total. The molecule has 162 valence electrons.